The van der Waals surface area contributed by atoms with Crippen LogP contribution in [0.5, 0.6) is 0 Å². The van der Waals surface area contributed by atoms with Gasteiger partial charge in [0.25, 0.3) is 0 Å². The second-order valence-electron chi connectivity index (χ2n) is 5.58. The van der Waals surface area contributed by atoms with E-state index in [9.17, 15) is 9.59 Å². The molecule has 0 aliphatic rings. The zero-order chi connectivity index (χ0) is 17.5. The molecule has 0 bridgehead atoms. The number of benzene rings is 2. The average Bonchev–Trinajstić information content (AvgIpc) is 2.57. The van der Waals surface area contributed by atoms with Crippen LogP contribution in [0.3, 0.4) is 0 Å². The van der Waals surface area contributed by atoms with E-state index >= 15 is 0 Å². The van der Waals surface area contributed by atoms with Crippen LogP contribution < -0.4 is 10.6 Å². The molecular formula is C19H21BrN2O2. The molecule has 0 spiro atoms. The lowest BCUT2D eigenvalue weighted by Crippen LogP contribution is -2.31. The van der Waals surface area contributed by atoms with Gasteiger partial charge in [0.2, 0.25) is 5.91 Å². The van der Waals surface area contributed by atoms with Crippen LogP contribution in [0.4, 0.5) is 5.69 Å². The van der Waals surface area contributed by atoms with Gasteiger partial charge < -0.3 is 10.6 Å². The summed E-state index contributed by atoms with van der Waals surface area (Å²) < 4.78 is 1.03. The quantitative estimate of drug-likeness (QED) is 0.693. The summed E-state index contributed by atoms with van der Waals surface area (Å²) in [7, 11) is 0. The van der Waals surface area contributed by atoms with Crippen molar-refractivity contribution in [2.24, 2.45) is 0 Å². The van der Waals surface area contributed by atoms with Gasteiger partial charge in [0.05, 0.1) is 6.54 Å². The number of ketones is 1. The number of hydrogen-bond donors (Lipinski definition) is 2. The van der Waals surface area contributed by atoms with Crippen LogP contribution in [0.15, 0.2) is 53.0 Å². The minimum absolute atomic E-state index is 0.0227. The molecule has 0 unspecified atom stereocenters. The molecule has 2 aromatic carbocycles. The SMILES string of the molecule is CC[C@@H](NCC(=O)Nc1cccc(C(C)=O)c1)c1ccc(Br)cc1. The van der Waals surface area contributed by atoms with Gasteiger partial charge in [-0.3, -0.25) is 9.59 Å². The number of nitrogens with one attached hydrogen (secondary N) is 2. The number of amides is 1. The molecule has 0 aliphatic heterocycles. The molecule has 5 heteroatoms. The van der Waals surface area contributed by atoms with Crippen LogP contribution in [0, 0.1) is 0 Å². The lowest BCUT2D eigenvalue weighted by atomic mass is 10.0. The average molecular weight is 389 g/mol. The van der Waals surface area contributed by atoms with E-state index in [4.69, 9.17) is 0 Å². The summed E-state index contributed by atoms with van der Waals surface area (Å²) in [5.41, 5.74) is 2.36. The van der Waals surface area contributed by atoms with E-state index in [1.54, 1.807) is 24.3 Å². The first kappa shape index (κ1) is 18.4. The molecule has 24 heavy (non-hydrogen) atoms. The predicted molar refractivity (Wildman–Crippen MR) is 100 cm³/mol. The van der Waals surface area contributed by atoms with Gasteiger partial charge in [0.15, 0.2) is 5.78 Å². The molecule has 0 aliphatic carbocycles. The predicted octanol–water partition coefficient (Wildman–Crippen LogP) is 4.33. The minimum Gasteiger partial charge on any atom is -0.325 e. The van der Waals surface area contributed by atoms with Crippen LogP contribution in [-0.2, 0) is 4.79 Å². The fourth-order valence-corrected chi connectivity index (χ4v) is 2.69. The minimum atomic E-state index is -0.133. The molecule has 126 valence electrons. The molecule has 2 rings (SSSR count). The number of Topliss-reactive ketones (excluding diaryl/α,β-unsaturated/α-hetero) is 1. The van der Waals surface area contributed by atoms with E-state index in [1.807, 2.05) is 24.3 Å². The summed E-state index contributed by atoms with van der Waals surface area (Å²) in [5, 5.41) is 6.08. The van der Waals surface area contributed by atoms with Crippen LogP contribution >= 0.6 is 15.9 Å². The topological polar surface area (TPSA) is 58.2 Å². The molecule has 0 aromatic heterocycles. The molecule has 2 aromatic rings. The number of carbonyl (C=O) groups is 2. The van der Waals surface area contributed by atoms with E-state index < -0.39 is 0 Å². The normalized spacial score (nSPS) is 11.8. The third-order valence-electron chi connectivity index (χ3n) is 3.74. The van der Waals surface area contributed by atoms with Crippen molar-refractivity contribution in [3.05, 3.63) is 64.1 Å². The van der Waals surface area contributed by atoms with Crippen molar-refractivity contribution in [3.8, 4) is 0 Å². The molecule has 0 saturated carbocycles. The van der Waals surface area contributed by atoms with Gasteiger partial charge in [0, 0.05) is 21.8 Å². The Balaban J connectivity index is 1.93. The Morgan fingerprint density at radius 2 is 1.83 bits per heavy atom. The number of hydrogen-bond acceptors (Lipinski definition) is 3. The molecule has 0 radical (unpaired) electrons. The van der Waals surface area contributed by atoms with Gasteiger partial charge >= 0.3 is 0 Å². The maximum Gasteiger partial charge on any atom is 0.238 e. The molecule has 0 fully saturated rings. The Hall–Kier alpha value is -1.98. The summed E-state index contributed by atoms with van der Waals surface area (Å²) in [4.78, 5) is 23.5. The van der Waals surface area contributed by atoms with Crippen LogP contribution in [0.1, 0.15) is 42.2 Å². The van der Waals surface area contributed by atoms with Crippen molar-refractivity contribution in [1.29, 1.82) is 0 Å². The fraction of sp³-hybridized carbons (Fsp3) is 0.263. The summed E-state index contributed by atoms with van der Waals surface area (Å²) >= 11 is 3.42. The van der Waals surface area contributed by atoms with Crippen molar-refractivity contribution < 1.29 is 9.59 Å². The molecule has 1 atom stereocenters. The molecule has 0 heterocycles. The van der Waals surface area contributed by atoms with E-state index in [0.717, 1.165) is 16.5 Å². The van der Waals surface area contributed by atoms with Crippen molar-refractivity contribution in [3.63, 3.8) is 0 Å². The van der Waals surface area contributed by atoms with E-state index in [2.05, 4.69) is 33.5 Å². The van der Waals surface area contributed by atoms with Crippen LogP contribution in [0.2, 0.25) is 0 Å². The Morgan fingerprint density at radius 3 is 2.46 bits per heavy atom. The lowest BCUT2D eigenvalue weighted by Gasteiger charge is -2.17. The zero-order valence-electron chi connectivity index (χ0n) is 13.8. The van der Waals surface area contributed by atoms with Gasteiger partial charge in [-0.2, -0.15) is 0 Å². The van der Waals surface area contributed by atoms with Gasteiger partial charge in [-0.1, -0.05) is 47.1 Å². The van der Waals surface area contributed by atoms with E-state index in [0.29, 0.717) is 11.3 Å². The first-order valence-electron chi connectivity index (χ1n) is 7.89. The van der Waals surface area contributed by atoms with Gasteiger partial charge in [-0.05, 0) is 43.2 Å². The smallest absolute Gasteiger partial charge is 0.238 e. The zero-order valence-corrected chi connectivity index (χ0v) is 15.4. The lowest BCUT2D eigenvalue weighted by molar-refractivity contribution is -0.115. The summed E-state index contributed by atoms with van der Waals surface area (Å²) in [5.74, 6) is -0.156. The van der Waals surface area contributed by atoms with Crippen molar-refractivity contribution in [2.75, 3.05) is 11.9 Å². The highest BCUT2D eigenvalue weighted by Gasteiger charge is 2.11. The van der Waals surface area contributed by atoms with Crippen molar-refractivity contribution in [1.82, 2.24) is 5.32 Å². The van der Waals surface area contributed by atoms with E-state index in [1.165, 1.54) is 6.92 Å². The Bertz CT molecular complexity index is 714. The summed E-state index contributed by atoms with van der Waals surface area (Å²) in [6.45, 7) is 3.79. The third-order valence-corrected chi connectivity index (χ3v) is 4.27. The van der Waals surface area contributed by atoms with Gasteiger partial charge in [0.1, 0.15) is 0 Å². The third kappa shape index (κ3) is 5.28. The largest absolute Gasteiger partial charge is 0.325 e. The van der Waals surface area contributed by atoms with E-state index in [-0.39, 0.29) is 24.3 Å². The second-order valence-corrected chi connectivity index (χ2v) is 6.49. The summed E-state index contributed by atoms with van der Waals surface area (Å²) in [6, 6.07) is 15.1. The van der Waals surface area contributed by atoms with Gasteiger partial charge in [-0.15, -0.1) is 0 Å². The van der Waals surface area contributed by atoms with Crippen LogP contribution in [-0.4, -0.2) is 18.2 Å². The highest BCUT2D eigenvalue weighted by atomic mass is 79.9. The molecule has 0 saturated heterocycles. The molecule has 4 nitrogen and oxygen atoms in total. The fourth-order valence-electron chi connectivity index (χ4n) is 2.43. The molecular weight excluding hydrogens is 368 g/mol. The monoisotopic (exact) mass is 388 g/mol. The second kappa shape index (κ2) is 8.76. The van der Waals surface area contributed by atoms with Gasteiger partial charge in [-0.25, -0.2) is 0 Å². The first-order chi connectivity index (χ1) is 11.5. The molecule has 1 amide bonds. The highest BCUT2D eigenvalue weighted by Crippen LogP contribution is 2.19. The number of rotatable bonds is 7. The first-order valence-corrected chi connectivity index (χ1v) is 8.68. The maximum atomic E-state index is 12.1. The standard InChI is InChI=1S/C19H21BrN2O2/c1-3-18(14-7-9-16(20)10-8-14)21-12-19(24)22-17-6-4-5-15(11-17)13(2)23/h4-11,18,21H,3,12H2,1-2H3,(H,22,24)/t18-/m1/s1. The Labute approximate surface area is 150 Å². The Kier molecular flexibility index (Phi) is 6.70. The molecule has 2 N–H and O–H groups in total. The van der Waals surface area contributed by atoms with Crippen LogP contribution in [0.25, 0.3) is 0 Å². The maximum absolute atomic E-state index is 12.1. The summed E-state index contributed by atoms with van der Waals surface area (Å²) in [6.07, 6.45) is 0.884. The number of anilines is 1. The Morgan fingerprint density at radius 1 is 1.12 bits per heavy atom. The van der Waals surface area contributed by atoms with Crippen molar-refractivity contribution >= 4 is 33.3 Å². The number of halogens is 1. The number of carbonyl (C=O) groups excluding carboxylic acids is 2. The van der Waals surface area contributed by atoms with Crippen molar-refractivity contribution in [2.45, 2.75) is 26.3 Å². The highest BCUT2D eigenvalue weighted by molar-refractivity contribution is 9.10.